The summed E-state index contributed by atoms with van der Waals surface area (Å²) in [4.78, 5) is 19.9. The van der Waals surface area contributed by atoms with Crippen LogP contribution < -0.4 is 10.6 Å². The minimum Gasteiger partial charge on any atom is -0.336 e. The van der Waals surface area contributed by atoms with Gasteiger partial charge in [-0.05, 0) is 42.5 Å². The topological polar surface area (TPSA) is 57.3 Å². The van der Waals surface area contributed by atoms with Gasteiger partial charge in [0.1, 0.15) is 5.82 Å². The Morgan fingerprint density at radius 2 is 2.36 bits per heavy atom. The Bertz CT molecular complexity index is 628. The number of carbonyl (C=O) groups is 1. The molecule has 5 nitrogen and oxygen atoms in total. The molecule has 0 aliphatic carbocycles. The quantitative estimate of drug-likeness (QED) is 0.912. The van der Waals surface area contributed by atoms with Gasteiger partial charge in [-0.1, -0.05) is 6.07 Å². The highest BCUT2D eigenvalue weighted by molar-refractivity contribution is 7.10. The van der Waals surface area contributed by atoms with Gasteiger partial charge in [0.2, 0.25) is 0 Å². The number of carbonyl (C=O) groups excluding carboxylic acids is 1. The summed E-state index contributed by atoms with van der Waals surface area (Å²) in [5.41, 5.74) is 1.43. The van der Waals surface area contributed by atoms with Crippen LogP contribution >= 0.6 is 11.3 Å². The fourth-order valence-electron chi connectivity index (χ4n) is 2.61. The Kier molecular flexibility index (Phi) is 4.70. The molecule has 3 heterocycles. The first kappa shape index (κ1) is 15.0. The lowest BCUT2D eigenvalue weighted by Gasteiger charge is -2.32. The average molecular weight is 316 g/mol. The molecule has 22 heavy (non-hydrogen) atoms. The van der Waals surface area contributed by atoms with Crippen LogP contribution in [0.5, 0.6) is 0 Å². The summed E-state index contributed by atoms with van der Waals surface area (Å²) < 4.78 is 0. The van der Waals surface area contributed by atoms with Crippen molar-refractivity contribution >= 4 is 23.2 Å². The highest BCUT2D eigenvalue weighted by Crippen LogP contribution is 2.24. The number of anilines is 1. The predicted octanol–water partition coefficient (Wildman–Crippen LogP) is 2.71. The third-order valence-corrected chi connectivity index (χ3v) is 4.95. The number of nitrogens with one attached hydrogen (secondary N) is 2. The lowest BCUT2D eigenvalue weighted by Crippen LogP contribution is -2.45. The SMILES string of the molecule is CC(CNC(=O)Nc1ccccn1)N1CCc2sccc2C1. The van der Waals surface area contributed by atoms with E-state index in [4.69, 9.17) is 0 Å². The van der Waals surface area contributed by atoms with E-state index in [0.29, 0.717) is 18.4 Å². The van der Waals surface area contributed by atoms with Gasteiger partial charge in [-0.15, -0.1) is 11.3 Å². The molecule has 2 aromatic heterocycles. The molecule has 0 spiro atoms. The smallest absolute Gasteiger partial charge is 0.320 e. The number of urea groups is 1. The lowest BCUT2D eigenvalue weighted by molar-refractivity contribution is 0.188. The molecule has 6 heteroatoms. The number of amides is 2. The van der Waals surface area contributed by atoms with Crippen LogP contribution in [0.3, 0.4) is 0 Å². The fraction of sp³-hybridized carbons (Fsp3) is 0.375. The van der Waals surface area contributed by atoms with Gasteiger partial charge >= 0.3 is 6.03 Å². The van der Waals surface area contributed by atoms with E-state index in [1.807, 2.05) is 23.5 Å². The number of rotatable bonds is 4. The van der Waals surface area contributed by atoms with Crippen LogP contribution in [0.2, 0.25) is 0 Å². The first-order valence-corrected chi connectivity index (χ1v) is 8.35. The number of aromatic nitrogens is 1. The third kappa shape index (κ3) is 3.64. The van der Waals surface area contributed by atoms with E-state index in [2.05, 4.69) is 38.9 Å². The van der Waals surface area contributed by atoms with E-state index in [0.717, 1.165) is 19.5 Å². The molecular weight excluding hydrogens is 296 g/mol. The van der Waals surface area contributed by atoms with Crippen molar-refractivity contribution in [3.8, 4) is 0 Å². The zero-order valence-corrected chi connectivity index (χ0v) is 13.4. The van der Waals surface area contributed by atoms with Gasteiger partial charge in [-0.25, -0.2) is 9.78 Å². The van der Waals surface area contributed by atoms with Crippen LogP contribution in [0.4, 0.5) is 10.6 Å². The van der Waals surface area contributed by atoms with Crippen molar-refractivity contribution in [1.82, 2.24) is 15.2 Å². The zero-order chi connectivity index (χ0) is 15.4. The molecule has 1 unspecified atom stereocenters. The first-order chi connectivity index (χ1) is 10.7. The summed E-state index contributed by atoms with van der Waals surface area (Å²) >= 11 is 1.85. The molecule has 2 amide bonds. The van der Waals surface area contributed by atoms with Crippen molar-refractivity contribution in [3.63, 3.8) is 0 Å². The van der Waals surface area contributed by atoms with Crippen LogP contribution in [0.15, 0.2) is 35.8 Å². The molecule has 3 rings (SSSR count). The van der Waals surface area contributed by atoms with Gasteiger partial charge in [0.05, 0.1) is 0 Å². The number of hydrogen-bond acceptors (Lipinski definition) is 4. The largest absolute Gasteiger partial charge is 0.336 e. The van der Waals surface area contributed by atoms with Crippen molar-refractivity contribution in [3.05, 3.63) is 46.3 Å². The molecule has 1 aliphatic rings. The van der Waals surface area contributed by atoms with Gasteiger partial charge in [0.25, 0.3) is 0 Å². The van der Waals surface area contributed by atoms with E-state index in [1.54, 1.807) is 12.3 Å². The molecule has 0 radical (unpaired) electrons. The molecule has 0 saturated heterocycles. The highest BCUT2D eigenvalue weighted by Gasteiger charge is 2.21. The molecular formula is C16H20N4OS. The van der Waals surface area contributed by atoms with Crippen LogP contribution in [-0.4, -0.2) is 35.0 Å². The Labute approximate surface area is 134 Å². The number of pyridine rings is 1. The fourth-order valence-corrected chi connectivity index (χ4v) is 3.50. The molecule has 0 fully saturated rings. The second kappa shape index (κ2) is 6.89. The van der Waals surface area contributed by atoms with Gasteiger partial charge in [-0.3, -0.25) is 10.2 Å². The third-order valence-electron chi connectivity index (χ3n) is 3.93. The van der Waals surface area contributed by atoms with Crippen molar-refractivity contribution < 1.29 is 4.79 Å². The molecule has 0 bridgehead atoms. The summed E-state index contributed by atoms with van der Waals surface area (Å²) in [6, 6.07) is 7.74. The van der Waals surface area contributed by atoms with E-state index >= 15 is 0 Å². The van der Waals surface area contributed by atoms with Crippen LogP contribution in [0.1, 0.15) is 17.4 Å². The van der Waals surface area contributed by atoms with E-state index < -0.39 is 0 Å². The first-order valence-electron chi connectivity index (χ1n) is 7.47. The van der Waals surface area contributed by atoms with E-state index in [-0.39, 0.29) is 6.03 Å². The summed E-state index contributed by atoms with van der Waals surface area (Å²) in [6.07, 6.45) is 2.77. The van der Waals surface area contributed by atoms with Crippen molar-refractivity contribution in [2.45, 2.75) is 25.9 Å². The molecule has 1 atom stereocenters. The normalized spacial score (nSPS) is 15.9. The van der Waals surface area contributed by atoms with Crippen LogP contribution in [0.25, 0.3) is 0 Å². The minimum absolute atomic E-state index is 0.209. The Balaban J connectivity index is 1.46. The Hall–Kier alpha value is -1.92. The van der Waals surface area contributed by atoms with Crippen molar-refractivity contribution in [2.24, 2.45) is 0 Å². The maximum absolute atomic E-state index is 11.9. The Morgan fingerprint density at radius 3 is 3.18 bits per heavy atom. The molecule has 116 valence electrons. The van der Waals surface area contributed by atoms with Crippen LogP contribution in [0, 0.1) is 0 Å². The zero-order valence-electron chi connectivity index (χ0n) is 12.6. The standard InChI is InChI=1S/C16H20N4OS/c1-12(20-8-5-14-13(11-20)6-9-22-14)10-18-16(21)19-15-4-2-3-7-17-15/h2-4,6-7,9,12H,5,8,10-11H2,1H3,(H2,17,18,19,21). The minimum atomic E-state index is -0.209. The lowest BCUT2D eigenvalue weighted by atomic mass is 10.1. The molecule has 0 saturated carbocycles. The molecule has 2 N–H and O–H groups in total. The van der Waals surface area contributed by atoms with Gasteiger partial charge in [-0.2, -0.15) is 0 Å². The van der Waals surface area contributed by atoms with E-state index in [9.17, 15) is 4.79 Å². The van der Waals surface area contributed by atoms with Crippen LogP contribution in [-0.2, 0) is 13.0 Å². The highest BCUT2D eigenvalue weighted by atomic mass is 32.1. The number of nitrogens with zero attached hydrogens (tertiary/aromatic N) is 2. The molecule has 1 aliphatic heterocycles. The summed E-state index contributed by atoms with van der Waals surface area (Å²) in [5.74, 6) is 0.563. The second-order valence-corrected chi connectivity index (χ2v) is 6.49. The predicted molar refractivity (Wildman–Crippen MR) is 89.2 cm³/mol. The van der Waals surface area contributed by atoms with Gasteiger partial charge in [0.15, 0.2) is 0 Å². The average Bonchev–Trinajstić information content (AvgIpc) is 3.01. The summed E-state index contributed by atoms with van der Waals surface area (Å²) in [7, 11) is 0. The maximum atomic E-state index is 11.9. The Morgan fingerprint density at radius 1 is 1.45 bits per heavy atom. The van der Waals surface area contributed by atoms with Gasteiger partial charge in [0, 0.05) is 36.8 Å². The maximum Gasteiger partial charge on any atom is 0.320 e. The van der Waals surface area contributed by atoms with E-state index in [1.165, 1.54) is 10.4 Å². The number of hydrogen-bond donors (Lipinski definition) is 2. The monoisotopic (exact) mass is 316 g/mol. The summed E-state index contributed by atoms with van der Waals surface area (Å²) in [5, 5.41) is 7.81. The molecule has 2 aromatic rings. The number of thiophene rings is 1. The molecule has 0 aromatic carbocycles. The van der Waals surface area contributed by atoms with Crippen molar-refractivity contribution in [1.29, 1.82) is 0 Å². The second-order valence-electron chi connectivity index (χ2n) is 5.49. The van der Waals surface area contributed by atoms with Crippen molar-refractivity contribution in [2.75, 3.05) is 18.4 Å². The summed E-state index contributed by atoms with van der Waals surface area (Å²) in [6.45, 7) is 4.80. The number of fused-ring (bicyclic) bond motifs is 1. The van der Waals surface area contributed by atoms with Gasteiger partial charge < -0.3 is 5.32 Å².